The van der Waals surface area contributed by atoms with Crippen LogP contribution in [-0.4, -0.2) is 86.3 Å². The van der Waals surface area contributed by atoms with Gasteiger partial charge in [-0.3, -0.25) is 9.80 Å². The molecule has 7 heteroatoms. The number of hydrogen-bond acceptors (Lipinski definition) is 4. The van der Waals surface area contributed by atoms with Crippen molar-refractivity contribution in [3.63, 3.8) is 0 Å². The summed E-state index contributed by atoms with van der Waals surface area (Å²) in [7, 11) is 0. The number of anilines is 1. The lowest BCUT2D eigenvalue weighted by atomic mass is 10.2. The first kappa shape index (κ1) is 18.5. The number of halogens is 1. The van der Waals surface area contributed by atoms with E-state index < -0.39 is 0 Å². The van der Waals surface area contributed by atoms with Gasteiger partial charge in [0.1, 0.15) is 0 Å². The molecule has 2 amide bonds. The molecule has 2 aliphatic rings. The summed E-state index contributed by atoms with van der Waals surface area (Å²) < 4.78 is 5.38. The third-order valence-corrected chi connectivity index (χ3v) is 5.17. The lowest BCUT2D eigenvalue weighted by Gasteiger charge is -2.36. The fourth-order valence-electron chi connectivity index (χ4n) is 3.21. The number of nitrogens with zero attached hydrogens (tertiary/aromatic N) is 3. The van der Waals surface area contributed by atoms with Gasteiger partial charge >= 0.3 is 6.03 Å². The topological polar surface area (TPSA) is 48.1 Å². The number of carbonyl (C=O) groups is 1. The summed E-state index contributed by atoms with van der Waals surface area (Å²) in [6.07, 6.45) is 0. The van der Waals surface area contributed by atoms with Gasteiger partial charge in [-0.2, -0.15) is 0 Å². The fraction of sp³-hybridized carbons (Fsp3) is 0.611. The number of rotatable bonds is 4. The SMILES string of the molecule is Cc1ccc(Cl)cc1NC(=O)N1CCN(CCN2CCOCC2)CC1. The summed E-state index contributed by atoms with van der Waals surface area (Å²) in [5.74, 6) is 0. The molecule has 2 aliphatic heterocycles. The second-order valence-electron chi connectivity index (χ2n) is 6.67. The molecule has 0 bridgehead atoms. The van der Waals surface area contributed by atoms with E-state index in [1.807, 2.05) is 24.0 Å². The smallest absolute Gasteiger partial charge is 0.321 e. The molecule has 0 radical (unpaired) electrons. The Morgan fingerprint density at radius 2 is 1.72 bits per heavy atom. The Kier molecular flexibility index (Phi) is 6.53. The van der Waals surface area contributed by atoms with Crippen molar-refractivity contribution in [2.75, 3.05) is 70.9 Å². The van der Waals surface area contributed by atoms with Crippen molar-refractivity contribution < 1.29 is 9.53 Å². The maximum Gasteiger partial charge on any atom is 0.321 e. The molecule has 25 heavy (non-hydrogen) atoms. The van der Waals surface area contributed by atoms with Gasteiger partial charge in [0.25, 0.3) is 0 Å². The quantitative estimate of drug-likeness (QED) is 0.886. The normalized spacial score (nSPS) is 19.8. The third-order valence-electron chi connectivity index (χ3n) is 4.94. The lowest BCUT2D eigenvalue weighted by molar-refractivity contribution is 0.0311. The van der Waals surface area contributed by atoms with Crippen LogP contribution in [-0.2, 0) is 4.74 Å². The summed E-state index contributed by atoms with van der Waals surface area (Å²) in [5.41, 5.74) is 1.80. The standard InChI is InChI=1S/C18H27ClN4O2/c1-15-2-3-16(19)14-17(15)20-18(24)23-8-6-21(7-9-23)4-5-22-10-12-25-13-11-22/h2-3,14H,4-13H2,1H3,(H,20,24). The van der Waals surface area contributed by atoms with E-state index in [9.17, 15) is 4.79 Å². The molecule has 1 aromatic carbocycles. The van der Waals surface area contributed by atoms with E-state index in [4.69, 9.17) is 16.3 Å². The molecule has 6 nitrogen and oxygen atoms in total. The van der Waals surface area contributed by atoms with E-state index in [0.717, 1.165) is 76.8 Å². The predicted octanol–water partition coefficient (Wildman–Crippen LogP) is 2.13. The van der Waals surface area contributed by atoms with Gasteiger partial charge in [0.2, 0.25) is 0 Å². The highest BCUT2D eigenvalue weighted by molar-refractivity contribution is 6.31. The zero-order valence-electron chi connectivity index (χ0n) is 14.8. The van der Waals surface area contributed by atoms with Crippen LogP contribution in [0.25, 0.3) is 0 Å². The van der Waals surface area contributed by atoms with Crippen LogP contribution < -0.4 is 5.32 Å². The third kappa shape index (κ3) is 5.31. The van der Waals surface area contributed by atoms with E-state index in [0.29, 0.717) is 5.02 Å². The number of nitrogens with one attached hydrogen (secondary N) is 1. The Morgan fingerprint density at radius 3 is 2.40 bits per heavy atom. The van der Waals surface area contributed by atoms with Crippen LogP contribution in [0.5, 0.6) is 0 Å². The molecule has 1 N–H and O–H groups in total. The molecule has 0 spiro atoms. The summed E-state index contributed by atoms with van der Waals surface area (Å²) in [5, 5.41) is 3.61. The van der Waals surface area contributed by atoms with Crippen LogP contribution in [0.4, 0.5) is 10.5 Å². The number of benzene rings is 1. The fourth-order valence-corrected chi connectivity index (χ4v) is 3.38. The monoisotopic (exact) mass is 366 g/mol. The molecular formula is C18H27ClN4O2. The van der Waals surface area contributed by atoms with Gasteiger partial charge in [0, 0.05) is 63.1 Å². The van der Waals surface area contributed by atoms with Crippen LogP contribution in [0, 0.1) is 6.92 Å². The van der Waals surface area contributed by atoms with Crippen molar-refractivity contribution in [1.29, 1.82) is 0 Å². The van der Waals surface area contributed by atoms with Gasteiger partial charge in [0.05, 0.1) is 13.2 Å². The summed E-state index contributed by atoms with van der Waals surface area (Å²) >= 11 is 6.02. The van der Waals surface area contributed by atoms with Crippen molar-refractivity contribution in [3.8, 4) is 0 Å². The van der Waals surface area contributed by atoms with E-state index in [1.165, 1.54) is 0 Å². The largest absolute Gasteiger partial charge is 0.379 e. The Balaban J connectivity index is 1.42. The van der Waals surface area contributed by atoms with Crippen molar-refractivity contribution in [3.05, 3.63) is 28.8 Å². The first-order chi connectivity index (χ1) is 12.1. The minimum atomic E-state index is -0.0433. The van der Waals surface area contributed by atoms with Gasteiger partial charge in [-0.15, -0.1) is 0 Å². The Hall–Kier alpha value is -1.34. The Bertz CT molecular complexity index is 584. The molecule has 2 saturated heterocycles. The number of ether oxygens (including phenoxy) is 1. The average molecular weight is 367 g/mol. The van der Waals surface area contributed by atoms with Crippen molar-refractivity contribution >= 4 is 23.3 Å². The Morgan fingerprint density at radius 1 is 1.08 bits per heavy atom. The molecule has 0 aromatic heterocycles. The van der Waals surface area contributed by atoms with Crippen molar-refractivity contribution in [2.24, 2.45) is 0 Å². The minimum Gasteiger partial charge on any atom is -0.379 e. The highest BCUT2D eigenvalue weighted by Crippen LogP contribution is 2.20. The minimum absolute atomic E-state index is 0.0433. The van der Waals surface area contributed by atoms with Gasteiger partial charge < -0.3 is 15.0 Å². The molecule has 0 aliphatic carbocycles. The summed E-state index contributed by atoms with van der Waals surface area (Å²) in [6, 6.07) is 5.51. The average Bonchev–Trinajstić information content (AvgIpc) is 2.64. The van der Waals surface area contributed by atoms with E-state index in [-0.39, 0.29) is 6.03 Å². The van der Waals surface area contributed by atoms with Gasteiger partial charge in [-0.05, 0) is 24.6 Å². The highest BCUT2D eigenvalue weighted by atomic mass is 35.5. The molecule has 138 valence electrons. The van der Waals surface area contributed by atoms with Crippen LogP contribution in [0.3, 0.4) is 0 Å². The van der Waals surface area contributed by atoms with E-state index >= 15 is 0 Å². The number of hydrogen-bond donors (Lipinski definition) is 1. The maximum absolute atomic E-state index is 12.5. The Labute approximate surface area is 154 Å². The first-order valence-electron chi connectivity index (χ1n) is 8.96. The van der Waals surface area contributed by atoms with Crippen LogP contribution in [0.2, 0.25) is 5.02 Å². The zero-order chi connectivity index (χ0) is 17.6. The van der Waals surface area contributed by atoms with E-state index in [1.54, 1.807) is 6.07 Å². The van der Waals surface area contributed by atoms with Crippen LogP contribution >= 0.6 is 11.6 Å². The number of morpholine rings is 1. The van der Waals surface area contributed by atoms with Crippen LogP contribution in [0.1, 0.15) is 5.56 Å². The van der Waals surface area contributed by atoms with Gasteiger partial charge in [-0.25, -0.2) is 4.79 Å². The molecule has 2 fully saturated rings. The number of amides is 2. The molecule has 0 unspecified atom stereocenters. The number of piperazine rings is 1. The lowest BCUT2D eigenvalue weighted by Crippen LogP contribution is -2.51. The predicted molar refractivity (Wildman–Crippen MR) is 100 cm³/mol. The molecule has 1 aromatic rings. The molecule has 2 heterocycles. The van der Waals surface area contributed by atoms with Crippen molar-refractivity contribution in [2.45, 2.75) is 6.92 Å². The molecule has 0 saturated carbocycles. The summed E-state index contributed by atoms with van der Waals surface area (Å²) in [6.45, 7) is 11.2. The van der Waals surface area contributed by atoms with Gasteiger partial charge in [-0.1, -0.05) is 17.7 Å². The number of carbonyl (C=O) groups excluding carboxylic acids is 1. The number of urea groups is 1. The first-order valence-corrected chi connectivity index (χ1v) is 9.34. The summed E-state index contributed by atoms with van der Waals surface area (Å²) in [4.78, 5) is 19.2. The van der Waals surface area contributed by atoms with Gasteiger partial charge in [0.15, 0.2) is 0 Å². The molecular weight excluding hydrogens is 340 g/mol. The van der Waals surface area contributed by atoms with Crippen molar-refractivity contribution in [1.82, 2.24) is 14.7 Å². The molecule has 0 atom stereocenters. The number of aryl methyl sites for hydroxylation is 1. The zero-order valence-corrected chi connectivity index (χ0v) is 15.6. The van der Waals surface area contributed by atoms with Crippen LogP contribution in [0.15, 0.2) is 18.2 Å². The van der Waals surface area contributed by atoms with E-state index in [2.05, 4.69) is 15.1 Å². The second kappa shape index (κ2) is 8.85. The highest BCUT2D eigenvalue weighted by Gasteiger charge is 2.22. The molecule has 3 rings (SSSR count). The second-order valence-corrected chi connectivity index (χ2v) is 7.11. The maximum atomic E-state index is 12.5.